The first-order chi connectivity index (χ1) is 17.0. The van der Waals surface area contributed by atoms with Gasteiger partial charge in [0.1, 0.15) is 5.75 Å². The zero-order valence-corrected chi connectivity index (χ0v) is 20.4. The highest BCUT2D eigenvalue weighted by Gasteiger charge is 2.33. The monoisotopic (exact) mass is 527 g/mol. The van der Waals surface area contributed by atoms with Crippen molar-refractivity contribution in [3.05, 3.63) is 88.0 Å². The summed E-state index contributed by atoms with van der Waals surface area (Å²) in [4.78, 5) is 29.2. The highest BCUT2D eigenvalue weighted by Crippen LogP contribution is 2.40. The normalized spacial score (nSPS) is 15.6. The second kappa shape index (κ2) is 9.60. The number of sulfone groups is 1. The Labute approximate surface area is 211 Å². The van der Waals surface area contributed by atoms with Crippen LogP contribution in [0.4, 0.5) is 15.8 Å². The standard InChI is InChI=1S/C25H19ClFN3O5S/c1-29-20-5-3-4-19(27)24(20)35-21-10-14(6-8-18(21)26)15-11-23(31)30(13-15)16-7-9-22(36(2,33)34)17(12-16)25(28)32/h3-10,12,15H,11,13H2,2H3,(H2,28,32)/t15-/m0/s1. The molecule has 0 radical (unpaired) electrons. The number of anilines is 1. The van der Waals surface area contributed by atoms with Crippen LogP contribution < -0.4 is 15.4 Å². The number of hydrogen-bond acceptors (Lipinski definition) is 5. The van der Waals surface area contributed by atoms with Gasteiger partial charge in [-0.2, -0.15) is 0 Å². The SMILES string of the molecule is [C-]#[N+]c1cccc(F)c1Oc1cc([C@H]2CC(=O)N(c3ccc(S(C)(=O)=O)c(C(N)=O)c3)C2)ccc1Cl. The molecule has 36 heavy (non-hydrogen) atoms. The molecule has 184 valence electrons. The highest BCUT2D eigenvalue weighted by atomic mass is 35.5. The fourth-order valence-electron chi connectivity index (χ4n) is 4.03. The van der Waals surface area contributed by atoms with Crippen molar-refractivity contribution in [3.8, 4) is 11.5 Å². The molecule has 3 aromatic carbocycles. The Morgan fingerprint density at radius 3 is 2.64 bits per heavy atom. The van der Waals surface area contributed by atoms with Crippen molar-refractivity contribution in [2.45, 2.75) is 17.2 Å². The lowest BCUT2D eigenvalue weighted by molar-refractivity contribution is -0.117. The smallest absolute Gasteiger partial charge is 0.250 e. The van der Waals surface area contributed by atoms with E-state index >= 15 is 0 Å². The van der Waals surface area contributed by atoms with E-state index in [4.69, 9.17) is 28.6 Å². The van der Waals surface area contributed by atoms with Gasteiger partial charge in [-0.15, -0.1) is 0 Å². The van der Waals surface area contributed by atoms with Crippen molar-refractivity contribution in [1.82, 2.24) is 0 Å². The van der Waals surface area contributed by atoms with E-state index in [1.54, 1.807) is 18.2 Å². The summed E-state index contributed by atoms with van der Waals surface area (Å²) < 4.78 is 44.0. The summed E-state index contributed by atoms with van der Waals surface area (Å²) >= 11 is 6.26. The summed E-state index contributed by atoms with van der Waals surface area (Å²) in [5, 5.41) is 0.196. The number of rotatable bonds is 6. The third kappa shape index (κ3) is 4.89. The van der Waals surface area contributed by atoms with E-state index in [9.17, 15) is 22.4 Å². The summed E-state index contributed by atoms with van der Waals surface area (Å²) in [6.07, 6.45) is 1.09. The molecule has 1 aliphatic heterocycles. The first kappa shape index (κ1) is 25.2. The predicted octanol–water partition coefficient (Wildman–Crippen LogP) is 4.85. The molecule has 1 fully saturated rings. The van der Waals surface area contributed by atoms with Crippen LogP contribution in [-0.2, 0) is 14.6 Å². The Kier molecular flexibility index (Phi) is 6.71. The summed E-state index contributed by atoms with van der Waals surface area (Å²) in [5.41, 5.74) is 6.19. The molecule has 8 nitrogen and oxygen atoms in total. The summed E-state index contributed by atoms with van der Waals surface area (Å²) in [7, 11) is -3.70. The molecule has 4 rings (SSSR count). The lowest BCUT2D eigenvalue weighted by atomic mass is 9.98. The van der Waals surface area contributed by atoms with Gasteiger partial charge in [-0.3, -0.25) is 9.59 Å². The van der Waals surface area contributed by atoms with Crippen LogP contribution in [-0.4, -0.2) is 33.0 Å². The van der Waals surface area contributed by atoms with Crippen molar-refractivity contribution in [2.75, 3.05) is 17.7 Å². The number of para-hydroxylation sites is 1. The Morgan fingerprint density at radius 2 is 1.97 bits per heavy atom. The zero-order chi connectivity index (χ0) is 26.2. The second-order valence-corrected chi connectivity index (χ2v) is 10.6. The van der Waals surface area contributed by atoms with Crippen molar-refractivity contribution in [3.63, 3.8) is 0 Å². The molecule has 0 unspecified atom stereocenters. The average Bonchev–Trinajstić information content (AvgIpc) is 3.22. The molecule has 0 spiro atoms. The van der Waals surface area contributed by atoms with E-state index < -0.39 is 21.6 Å². The van der Waals surface area contributed by atoms with Crippen LogP contribution in [0.25, 0.3) is 4.85 Å². The average molecular weight is 528 g/mol. The molecular weight excluding hydrogens is 509 g/mol. The molecule has 11 heteroatoms. The van der Waals surface area contributed by atoms with Crippen molar-refractivity contribution in [2.24, 2.45) is 5.73 Å². The van der Waals surface area contributed by atoms with E-state index in [0.29, 0.717) is 11.3 Å². The van der Waals surface area contributed by atoms with Gasteiger partial charge in [-0.1, -0.05) is 29.8 Å². The topological polar surface area (TPSA) is 111 Å². The number of benzene rings is 3. The Bertz CT molecular complexity index is 1550. The van der Waals surface area contributed by atoms with E-state index in [-0.39, 0.29) is 57.5 Å². The number of carbonyl (C=O) groups excluding carboxylic acids is 2. The molecule has 1 atom stereocenters. The Hall–Kier alpha value is -3.94. The maximum atomic E-state index is 14.3. The van der Waals surface area contributed by atoms with Gasteiger partial charge in [0.2, 0.25) is 17.5 Å². The minimum atomic E-state index is -3.70. The van der Waals surface area contributed by atoms with Gasteiger partial charge in [0.25, 0.3) is 0 Å². The van der Waals surface area contributed by atoms with Crippen LogP contribution in [0.3, 0.4) is 0 Å². The quantitative estimate of drug-likeness (QED) is 0.461. The molecule has 3 aromatic rings. The minimum Gasteiger partial charge on any atom is -0.464 e. The van der Waals surface area contributed by atoms with Crippen molar-refractivity contribution < 1.29 is 27.1 Å². The molecule has 2 N–H and O–H groups in total. The fourth-order valence-corrected chi connectivity index (χ4v) is 5.06. The van der Waals surface area contributed by atoms with E-state index in [1.807, 2.05) is 0 Å². The van der Waals surface area contributed by atoms with Gasteiger partial charge in [0, 0.05) is 30.8 Å². The lowest BCUT2D eigenvalue weighted by Gasteiger charge is -2.19. The first-order valence-corrected chi connectivity index (χ1v) is 12.8. The van der Waals surface area contributed by atoms with Crippen LogP contribution in [0.5, 0.6) is 11.5 Å². The largest absolute Gasteiger partial charge is 0.464 e. The lowest BCUT2D eigenvalue weighted by Crippen LogP contribution is -2.25. The number of primary amides is 1. The number of nitrogens with zero attached hydrogens (tertiary/aromatic N) is 2. The first-order valence-electron chi connectivity index (χ1n) is 10.6. The molecule has 2 amide bonds. The number of amides is 2. The van der Waals surface area contributed by atoms with Gasteiger partial charge in [-0.25, -0.2) is 17.7 Å². The minimum absolute atomic E-state index is 0.0125. The molecule has 0 aliphatic carbocycles. The summed E-state index contributed by atoms with van der Waals surface area (Å²) in [6, 6.07) is 12.9. The molecule has 1 aliphatic rings. The highest BCUT2D eigenvalue weighted by molar-refractivity contribution is 7.90. The number of carbonyl (C=O) groups is 2. The molecular formula is C25H19ClFN3O5S. The van der Waals surface area contributed by atoms with Crippen LogP contribution in [0.2, 0.25) is 5.02 Å². The van der Waals surface area contributed by atoms with Gasteiger partial charge < -0.3 is 15.4 Å². The van der Waals surface area contributed by atoms with Gasteiger partial charge in [-0.05, 0) is 42.0 Å². The maximum Gasteiger partial charge on any atom is 0.250 e. The molecule has 0 saturated carbocycles. The zero-order valence-electron chi connectivity index (χ0n) is 18.9. The summed E-state index contributed by atoms with van der Waals surface area (Å²) in [5.74, 6) is -2.31. The van der Waals surface area contributed by atoms with Crippen LogP contribution >= 0.6 is 11.6 Å². The van der Waals surface area contributed by atoms with Crippen molar-refractivity contribution in [1.29, 1.82) is 0 Å². The molecule has 0 bridgehead atoms. The third-order valence-electron chi connectivity index (χ3n) is 5.77. The van der Waals surface area contributed by atoms with Gasteiger partial charge in [0.15, 0.2) is 21.4 Å². The Balaban J connectivity index is 1.64. The number of hydrogen-bond donors (Lipinski definition) is 1. The molecule has 1 heterocycles. The van der Waals surface area contributed by atoms with E-state index in [0.717, 1.165) is 6.26 Å². The van der Waals surface area contributed by atoms with E-state index in [1.165, 1.54) is 41.3 Å². The van der Waals surface area contributed by atoms with Crippen LogP contribution in [0.1, 0.15) is 28.3 Å². The van der Waals surface area contributed by atoms with E-state index in [2.05, 4.69) is 4.85 Å². The Morgan fingerprint density at radius 1 is 1.22 bits per heavy atom. The maximum absolute atomic E-state index is 14.3. The summed E-state index contributed by atoms with van der Waals surface area (Å²) in [6.45, 7) is 7.46. The van der Waals surface area contributed by atoms with Crippen molar-refractivity contribution >= 4 is 44.6 Å². The predicted molar refractivity (Wildman–Crippen MR) is 132 cm³/mol. The molecule has 0 aromatic heterocycles. The number of halogens is 2. The number of ether oxygens (including phenoxy) is 1. The fraction of sp³-hybridized carbons (Fsp3) is 0.160. The van der Waals surface area contributed by atoms with Crippen LogP contribution in [0, 0.1) is 12.4 Å². The molecule has 1 saturated heterocycles. The number of nitrogens with two attached hydrogens (primary N) is 1. The van der Waals surface area contributed by atoms with Gasteiger partial charge in [0.05, 0.1) is 22.1 Å². The third-order valence-corrected chi connectivity index (χ3v) is 7.24. The van der Waals surface area contributed by atoms with Gasteiger partial charge >= 0.3 is 0 Å². The van der Waals surface area contributed by atoms with Crippen LogP contribution in [0.15, 0.2) is 59.5 Å². The second-order valence-electron chi connectivity index (χ2n) is 8.21.